The topological polar surface area (TPSA) is 54.7 Å². The van der Waals surface area contributed by atoms with Crippen molar-refractivity contribution in [1.82, 2.24) is 13.7 Å². The second-order valence-electron chi connectivity index (χ2n) is 5.07. The van der Waals surface area contributed by atoms with E-state index in [1.807, 2.05) is 13.8 Å². The molecule has 3 heterocycles. The first kappa shape index (κ1) is 15.1. The fourth-order valence-corrected chi connectivity index (χ4v) is 6.13. The Labute approximate surface area is 133 Å². The highest BCUT2D eigenvalue weighted by molar-refractivity contribution is 8.00. The van der Waals surface area contributed by atoms with E-state index < -0.39 is 10.0 Å². The summed E-state index contributed by atoms with van der Waals surface area (Å²) in [5.41, 5.74) is 0.535. The van der Waals surface area contributed by atoms with Crippen molar-refractivity contribution in [2.24, 2.45) is 0 Å². The average Bonchev–Trinajstić information content (AvgIpc) is 2.78. The molecule has 8 heteroatoms. The van der Waals surface area contributed by atoms with Gasteiger partial charge in [-0.15, -0.1) is 0 Å². The number of hydrogen-bond acceptors (Lipinski definition) is 4. The zero-order chi connectivity index (χ0) is 15.2. The Morgan fingerprint density at radius 2 is 2.14 bits per heavy atom. The van der Waals surface area contributed by atoms with E-state index in [1.54, 1.807) is 36.2 Å². The van der Waals surface area contributed by atoms with E-state index in [9.17, 15) is 8.42 Å². The predicted molar refractivity (Wildman–Crippen MR) is 85.5 cm³/mol. The fourth-order valence-electron chi connectivity index (χ4n) is 2.53. The molecule has 5 nitrogen and oxygen atoms in total. The Kier molecular flexibility index (Phi) is 3.94. The van der Waals surface area contributed by atoms with Crippen LogP contribution in [0.1, 0.15) is 13.8 Å². The van der Waals surface area contributed by atoms with Gasteiger partial charge in [-0.05, 0) is 19.1 Å². The van der Waals surface area contributed by atoms with Crippen LogP contribution in [0.5, 0.6) is 0 Å². The smallest absolute Gasteiger partial charge is 0.262 e. The molecule has 3 rings (SSSR count). The first-order valence-electron chi connectivity index (χ1n) is 6.69. The van der Waals surface area contributed by atoms with Crippen LogP contribution in [0.3, 0.4) is 0 Å². The van der Waals surface area contributed by atoms with Gasteiger partial charge in [0.25, 0.3) is 10.0 Å². The van der Waals surface area contributed by atoms with Gasteiger partial charge in [0.1, 0.15) is 5.65 Å². The molecule has 0 aromatic carbocycles. The highest BCUT2D eigenvalue weighted by atomic mass is 35.5. The maximum absolute atomic E-state index is 13.0. The normalized spacial score (nSPS) is 24.5. The van der Waals surface area contributed by atoms with Crippen molar-refractivity contribution >= 4 is 39.0 Å². The summed E-state index contributed by atoms with van der Waals surface area (Å²) in [5.74, 6) is 0.791. The number of rotatable bonds is 2. The number of hydrogen-bond donors (Lipinski definition) is 0. The third-order valence-corrected chi connectivity index (χ3v) is 7.55. The van der Waals surface area contributed by atoms with Crippen LogP contribution in [0.4, 0.5) is 0 Å². The number of fused-ring (bicyclic) bond motifs is 1. The molecule has 2 aromatic rings. The van der Waals surface area contributed by atoms with Gasteiger partial charge in [-0.3, -0.25) is 4.40 Å². The van der Waals surface area contributed by atoms with Gasteiger partial charge in [0.2, 0.25) is 0 Å². The largest absolute Gasteiger partial charge is 0.288 e. The van der Waals surface area contributed by atoms with Crippen LogP contribution in [0.15, 0.2) is 29.4 Å². The van der Waals surface area contributed by atoms with E-state index in [0.29, 0.717) is 12.2 Å². The molecule has 2 aromatic heterocycles. The van der Waals surface area contributed by atoms with Crippen molar-refractivity contribution in [3.63, 3.8) is 0 Å². The summed E-state index contributed by atoms with van der Waals surface area (Å²) in [7, 11) is -3.67. The molecule has 0 aliphatic carbocycles. The number of aromatic nitrogens is 2. The standard InChI is InChI=1S/C13H16ClN3O2S2/c1-9-10(2)20-8-7-17(9)21(18,19)13-12(14)15-11-5-3-4-6-16(11)13/h3-6,9-10H,7-8H2,1-2H3. The molecule has 1 aliphatic heterocycles. The Morgan fingerprint density at radius 1 is 1.38 bits per heavy atom. The van der Waals surface area contributed by atoms with E-state index in [2.05, 4.69) is 4.98 Å². The highest BCUT2D eigenvalue weighted by Crippen LogP contribution is 2.32. The lowest BCUT2D eigenvalue weighted by Crippen LogP contribution is -2.48. The molecule has 114 valence electrons. The highest BCUT2D eigenvalue weighted by Gasteiger charge is 2.38. The van der Waals surface area contributed by atoms with Crippen LogP contribution in [-0.2, 0) is 10.0 Å². The van der Waals surface area contributed by atoms with Gasteiger partial charge in [0, 0.05) is 29.8 Å². The summed E-state index contributed by atoms with van der Waals surface area (Å²) >= 11 is 7.90. The van der Waals surface area contributed by atoms with E-state index in [1.165, 1.54) is 8.71 Å². The van der Waals surface area contributed by atoms with Crippen molar-refractivity contribution in [2.45, 2.75) is 30.2 Å². The minimum atomic E-state index is -3.67. The van der Waals surface area contributed by atoms with Crippen molar-refractivity contribution in [3.8, 4) is 0 Å². The van der Waals surface area contributed by atoms with Gasteiger partial charge >= 0.3 is 0 Å². The quantitative estimate of drug-likeness (QED) is 0.839. The maximum Gasteiger partial charge on any atom is 0.262 e. The van der Waals surface area contributed by atoms with Crippen LogP contribution in [-0.4, -0.2) is 45.7 Å². The van der Waals surface area contributed by atoms with Gasteiger partial charge in [0.15, 0.2) is 10.2 Å². The number of halogens is 1. The molecule has 0 amide bonds. The zero-order valence-electron chi connectivity index (χ0n) is 11.7. The van der Waals surface area contributed by atoms with E-state index in [4.69, 9.17) is 11.6 Å². The van der Waals surface area contributed by atoms with Crippen LogP contribution in [0.25, 0.3) is 5.65 Å². The Balaban J connectivity index is 2.14. The lowest BCUT2D eigenvalue weighted by Gasteiger charge is -2.36. The van der Waals surface area contributed by atoms with Crippen molar-refractivity contribution in [2.75, 3.05) is 12.3 Å². The van der Waals surface area contributed by atoms with Gasteiger partial charge in [-0.25, -0.2) is 13.4 Å². The summed E-state index contributed by atoms with van der Waals surface area (Å²) < 4.78 is 29.1. The Hall–Kier alpha value is -0.760. The summed E-state index contributed by atoms with van der Waals surface area (Å²) in [4.78, 5) is 4.14. The predicted octanol–water partition coefficient (Wildman–Crippen LogP) is 2.50. The van der Waals surface area contributed by atoms with Gasteiger partial charge in [-0.2, -0.15) is 16.1 Å². The number of imidazole rings is 1. The van der Waals surface area contributed by atoms with Gasteiger partial charge in [-0.1, -0.05) is 24.6 Å². The molecule has 0 N–H and O–H groups in total. The fraction of sp³-hybridized carbons (Fsp3) is 0.462. The molecule has 21 heavy (non-hydrogen) atoms. The van der Waals surface area contributed by atoms with Gasteiger partial charge < -0.3 is 0 Å². The molecule has 0 saturated carbocycles. The van der Waals surface area contributed by atoms with Crippen LogP contribution in [0, 0.1) is 0 Å². The molecular formula is C13H16ClN3O2S2. The SMILES string of the molecule is CC1SCCN(S(=O)(=O)c2c(Cl)nc3ccccn23)C1C. The molecule has 1 saturated heterocycles. The Bertz CT molecular complexity index is 775. The third-order valence-electron chi connectivity index (χ3n) is 3.83. The number of nitrogens with zero attached hydrogens (tertiary/aromatic N) is 3. The third kappa shape index (κ3) is 2.46. The van der Waals surface area contributed by atoms with Crippen LogP contribution >= 0.6 is 23.4 Å². The molecular weight excluding hydrogens is 330 g/mol. The lowest BCUT2D eigenvalue weighted by molar-refractivity contribution is 0.339. The summed E-state index contributed by atoms with van der Waals surface area (Å²) in [6.45, 7) is 4.48. The average molecular weight is 346 g/mol. The Morgan fingerprint density at radius 3 is 2.90 bits per heavy atom. The van der Waals surface area contributed by atoms with Crippen molar-refractivity contribution < 1.29 is 8.42 Å². The van der Waals surface area contributed by atoms with Crippen molar-refractivity contribution in [1.29, 1.82) is 0 Å². The van der Waals surface area contributed by atoms with E-state index >= 15 is 0 Å². The summed E-state index contributed by atoms with van der Waals surface area (Å²) in [6, 6.07) is 5.24. The first-order valence-corrected chi connectivity index (χ1v) is 9.55. The van der Waals surface area contributed by atoms with Crippen LogP contribution in [0.2, 0.25) is 5.15 Å². The second-order valence-corrected chi connectivity index (χ2v) is 8.72. The molecule has 0 radical (unpaired) electrons. The van der Waals surface area contributed by atoms with E-state index in [0.717, 1.165) is 5.75 Å². The van der Waals surface area contributed by atoms with Gasteiger partial charge in [0.05, 0.1) is 0 Å². The molecule has 1 aliphatic rings. The first-order chi connectivity index (χ1) is 9.93. The monoisotopic (exact) mass is 345 g/mol. The second kappa shape index (κ2) is 5.46. The summed E-state index contributed by atoms with van der Waals surface area (Å²) in [6.07, 6.45) is 1.67. The lowest BCUT2D eigenvalue weighted by atomic mass is 10.2. The molecule has 2 atom stereocenters. The molecule has 1 fully saturated rings. The molecule has 0 spiro atoms. The minimum absolute atomic E-state index is 0.0271. The summed E-state index contributed by atoms with van der Waals surface area (Å²) in [5, 5.41) is 0.344. The number of thioether (sulfide) groups is 1. The van der Waals surface area contributed by atoms with Crippen LogP contribution < -0.4 is 0 Å². The maximum atomic E-state index is 13.0. The van der Waals surface area contributed by atoms with E-state index in [-0.39, 0.29) is 21.5 Å². The number of sulfonamides is 1. The zero-order valence-corrected chi connectivity index (χ0v) is 14.1. The minimum Gasteiger partial charge on any atom is -0.288 e. The molecule has 0 bridgehead atoms. The van der Waals surface area contributed by atoms with Crippen molar-refractivity contribution in [3.05, 3.63) is 29.5 Å². The molecule has 2 unspecified atom stereocenters. The number of pyridine rings is 1.